The molecule has 25 heavy (non-hydrogen) atoms. The van der Waals surface area contributed by atoms with Crippen LogP contribution < -0.4 is 5.32 Å². The normalized spacial score (nSPS) is 10.2. The number of carbonyl (C=O) groups excluding carboxylic acids is 1. The third-order valence-electron chi connectivity index (χ3n) is 3.19. The van der Waals surface area contributed by atoms with Crippen molar-refractivity contribution in [1.29, 1.82) is 5.26 Å². The molecule has 1 aromatic carbocycles. The van der Waals surface area contributed by atoms with Crippen LogP contribution in [0.15, 0.2) is 29.3 Å². The molecule has 0 saturated heterocycles. The van der Waals surface area contributed by atoms with Crippen LogP contribution in [0.1, 0.15) is 16.8 Å². The number of hydrogen-bond acceptors (Lipinski definition) is 6. The summed E-state index contributed by atoms with van der Waals surface area (Å²) in [6, 6.07) is 7.91. The molecule has 0 aliphatic heterocycles. The van der Waals surface area contributed by atoms with Crippen molar-refractivity contribution >= 4 is 40.6 Å². The molecule has 0 radical (unpaired) electrons. The quantitative estimate of drug-likeness (QED) is 0.482. The number of hydrogen-bond donors (Lipinski definition) is 1. The number of halogens is 1. The molecular formula is C16H13ClN4O3S. The first-order valence-electron chi connectivity index (χ1n) is 7.06. The number of nitriles is 1. The van der Waals surface area contributed by atoms with Crippen molar-refractivity contribution in [2.24, 2.45) is 0 Å². The number of pyridine rings is 1. The Labute approximate surface area is 153 Å². The maximum atomic E-state index is 12.1. The van der Waals surface area contributed by atoms with Crippen LogP contribution in [0.5, 0.6) is 0 Å². The lowest BCUT2D eigenvalue weighted by atomic mass is 10.1. The van der Waals surface area contributed by atoms with Crippen LogP contribution in [0.3, 0.4) is 0 Å². The Morgan fingerprint density at radius 3 is 2.80 bits per heavy atom. The number of aromatic nitrogens is 1. The van der Waals surface area contributed by atoms with E-state index in [4.69, 9.17) is 11.6 Å². The molecule has 2 aromatic rings. The molecule has 1 N–H and O–H groups in total. The van der Waals surface area contributed by atoms with E-state index in [1.807, 2.05) is 13.8 Å². The standard InChI is InChI=1S/C16H13ClN4O3S/c1-9-5-10(2)19-16(12(9)7-18)25-8-15(22)20-11-3-4-13(17)14(6-11)21(23)24/h3-6H,8H2,1-2H3,(H,20,22). The molecule has 0 fully saturated rings. The second-order valence-corrected chi connectivity index (χ2v) is 6.50. The van der Waals surface area contributed by atoms with Crippen LogP contribution in [-0.4, -0.2) is 21.6 Å². The number of thioether (sulfide) groups is 1. The Balaban J connectivity index is 2.09. The van der Waals surface area contributed by atoms with Crippen LogP contribution in [0.4, 0.5) is 11.4 Å². The first-order valence-corrected chi connectivity index (χ1v) is 8.43. The Morgan fingerprint density at radius 2 is 2.16 bits per heavy atom. The molecule has 0 aliphatic carbocycles. The summed E-state index contributed by atoms with van der Waals surface area (Å²) < 4.78 is 0. The van der Waals surface area contributed by atoms with Gasteiger partial charge in [-0.3, -0.25) is 14.9 Å². The zero-order valence-electron chi connectivity index (χ0n) is 13.4. The van der Waals surface area contributed by atoms with Crippen molar-refractivity contribution in [3.8, 4) is 6.07 Å². The van der Waals surface area contributed by atoms with Gasteiger partial charge in [-0.15, -0.1) is 0 Å². The molecule has 7 nitrogen and oxygen atoms in total. The number of rotatable bonds is 5. The average Bonchev–Trinajstić information content (AvgIpc) is 2.54. The molecule has 0 atom stereocenters. The lowest BCUT2D eigenvalue weighted by Crippen LogP contribution is -2.14. The fraction of sp³-hybridized carbons (Fsp3) is 0.188. The zero-order valence-corrected chi connectivity index (χ0v) is 14.9. The highest BCUT2D eigenvalue weighted by Crippen LogP contribution is 2.28. The highest BCUT2D eigenvalue weighted by atomic mass is 35.5. The average molecular weight is 377 g/mol. The third-order valence-corrected chi connectivity index (χ3v) is 4.48. The van der Waals surface area contributed by atoms with Crippen molar-refractivity contribution in [1.82, 2.24) is 4.98 Å². The highest BCUT2D eigenvalue weighted by Gasteiger charge is 2.15. The van der Waals surface area contributed by atoms with Gasteiger partial charge >= 0.3 is 0 Å². The third kappa shape index (κ3) is 4.68. The molecule has 0 unspecified atom stereocenters. The van der Waals surface area contributed by atoms with Gasteiger partial charge in [0.1, 0.15) is 16.1 Å². The number of carbonyl (C=O) groups is 1. The molecular weight excluding hydrogens is 364 g/mol. The minimum Gasteiger partial charge on any atom is -0.325 e. The summed E-state index contributed by atoms with van der Waals surface area (Å²) in [6.07, 6.45) is 0. The molecule has 2 rings (SSSR count). The molecule has 0 spiro atoms. The van der Waals surface area contributed by atoms with E-state index in [1.165, 1.54) is 18.2 Å². The summed E-state index contributed by atoms with van der Waals surface area (Å²) in [4.78, 5) is 26.6. The number of nitrogens with one attached hydrogen (secondary N) is 1. The van der Waals surface area contributed by atoms with Crippen LogP contribution in [-0.2, 0) is 4.79 Å². The molecule has 1 amide bonds. The van der Waals surface area contributed by atoms with Crippen LogP contribution in [0.25, 0.3) is 0 Å². The monoisotopic (exact) mass is 376 g/mol. The predicted molar refractivity (Wildman–Crippen MR) is 95.9 cm³/mol. The van der Waals surface area contributed by atoms with Gasteiger partial charge in [-0.1, -0.05) is 23.4 Å². The summed E-state index contributed by atoms with van der Waals surface area (Å²) in [5, 5.41) is 23.1. The fourth-order valence-corrected chi connectivity index (χ4v) is 3.19. The second kappa shape index (κ2) is 7.96. The Kier molecular flexibility index (Phi) is 5.96. The Bertz CT molecular complexity index is 896. The number of nitrogens with zero attached hydrogens (tertiary/aromatic N) is 3. The summed E-state index contributed by atoms with van der Waals surface area (Å²) >= 11 is 6.87. The number of aryl methyl sites for hydroxylation is 2. The van der Waals surface area contributed by atoms with E-state index in [0.717, 1.165) is 23.0 Å². The summed E-state index contributed by atoms with van der Waals surface area (Å²) in [5.41, 5.74) is 1.98. The van der Waals surface area contributed by atoms with E-state index in [9.17, 15) is 20.2 Å². The van der Waals surface area contributed by atoms with Gasteiger partial charge in [0.05, 0.1) is 16.2 Å². The molecule has 1 aromatic heterocycles. The maximum absolute atomic E-state index is 12.1. The molecule has 1 heterocycles. The van der Waals surface area contributed by atoms with Gasteiger partial charge in [-0.25, -0.2) is 4.98 Å². The van der Waals surface area contributed by atoms with Gasteiger partial charge in [-0.2, -0.15) is 5.26 Å². The first-order chi connectivity index (χ1) is 11.8. The summed E-state index contributed by atoms with van der Waals surface area (Å²) in [5.74, 6) is -0.354. The van der Waals surface area contributed by atoms with Crippen LogP contribution >= 0.6 is 23.4 Å². The summed E-state index contributed by atoms with van der Waals surface area (Å²) in [6.45, 7) is 3.62. The summed E-state index contributed by atoms with van der Waals surface area (Å²) in [7, 11) is 0. The number of nitro groups is 1. The Morgan fingerprint density at radius 1 is 1.44 bits per heavy atom. The SMILES string of the molecule is Cc1cc(C)c(C#N)c(SCC(=O)Nc2ccc(Cl)c([N+](=O)[O-])c2)n1. The molecule has 0 bridgehead atoms. The van der Waals surface area contributed by atoms with E-state index in [1.54, 1.807) is 6.07 Å². The fourth-order valence-electron chi connectivity index (χ4n) is 2.10. The lowest BCUT2D eigenvalue weighted by molar-refractivity contribution is -0.384. The first kappa shape index (κ1) is 18.7. The minimum absolute atomic E-state index is 0.00419. The van der Waals surface area contributed by atoms with Gasteiger partial charge in [-0.05, 0) is 37.6 Å². The van der Waals surface area contributed by atoms with E-state index >= 15 is 0 Å². The van der Waals surface area contributed by atoms with E-state index in [0.29, 0.717) is 10.6 Å². The van der Waals surface area contributed by atoms with Gasteiger partial charge < -0.3 is 5.32 Å². The zero-order chi connectivity index (χ0) is 18.6. The van der Waals surface area contributed by atoms with E-state index < -0.39 is 4.92 Å². The topological polar surface area (TPSA) is 109 Å². The van der Waals surface area contributed by atoms with Crippen molar-refractivity contribution in [3.05, 3.63) is 56.2 Å². The molecule has 0 aliphatic rings. The maximum Gasteiger partial charge on any atom is 0.289 e. The minimum atomic E-state index is -0.620. The number of anilines is 1. The van der Waals surface area contributed by atoms with Crippen molar-refractivity contribution < 1.29 is 9.72 Å². The van der Waals surface area contributed by atoms with Crippen molar-refractivity contribution in [2.75, 3.05) is 11.1 Å². The number of nitro benzene ring substituents is 1. The lowest BCUT2D eigenvalue weighted by Gasteiger charge is -2.08. The van der Waals surface area contributed by atoms with Crippen molar-refractivity contribution in [3.63, 3.8) is 0 Å². The predicted octanol–water partition coefficient (Wildman–Crippen LogP) is 3.86. The van der Waals surface area contributed by atoms with Gasteiger partial charge in [0.25, 0.3) is 5.69 Å². The molecule has 128 valence electrons. The van der Waals surface area contributed by atoms with Gasteiger partial charge in [0.2, 0.25) is 5.91 Å². The molecule has 0 saturated carbocycles. The van der Waals surface area contributed by atoms with Gasteiger partial charge in [0, 0.05) is 17.4 Å². The van der Waals surface area contributed by atoms with Gasteiger partial charge in [0.15, 0.2) is 0 Å². The number of amides is 1. The molecule has 9 heteroatoms. The highest BCUT2D eigenvalue weighted by molar-refractivity contribution is 8.00. The van der Waals surface area contributed by atoms with Crippen molar-refractivity contribution in [2.45, 2.75) is 18.9 Å². The Hall–Kier alpha value is -2.63. The number of benzene rings is 1. The smallest absolute Gasteiger partial charge is 0.289 e. The van der Waals surface area contributed by atoms with E-state index in [2.05, 4.69) is 16.4 Å². The largest absolute Gasteiger partial charge is 0.325 e. The van der Waals surface area contributed by atoms with Crippen LogP contribution in [0.2, 0.25) is 5.02 Å². The second-order valence-electron chi connectivity index (χ2n) is 5.13. The van der Waals surface area contributed by atoms with Crippen LogP contribution in [0, 0.1) is 35.3 Å². The van der Waals surface area contributed by atoms with E-state index in [-0.39, 0.29) is 28.1 Å².